The van der Waals surface area contributed by atoms with Crippen LogP contribution in [0.1, 0.15) is 6.92 Å². The molecule has 0 fully saturated rings. The Morgan fingerprint density at radius 3 is 2.40 bits per heavy atom. The monoisotopic (exact) mass is 135 g/mol. The van der Waals surface area contributed by atoms with Crippen molar-refractivity contribution in [3.8, 4) is 0 Å². The summed E-state index contributed by atoms with van der Waals surface area (Å²) >= 11 is 0. The van der Waals surface area contributed by atoms with E-state index in [4.69, 9.17) is 5.41 Å². The molecule has 0 spiro atoms. The van der Waals surface area contributed by atoms with Crippen LogP contribution in [0.3, 0.4) is 0 Å². The summed E-state index contributed by atoms with van der Waals surface area (Å²) in [5.74, 6) is 0.389. The fourth-order valence-electron chi connectivity index (χ4n) is 0.549. The van der Waals surface area contributed by atoms with Crippen LogP contribution in [0, 0.1) is 11.3 Å². The second kappa shape index (κ2) is 6.02. The summed E-state index contributed by atoms with van der Waals surface area (Å²) < 4.78 is 0. The second-order valence-corrected chi connectivity index (χ2v) is 2.03. The summed E-state index contributed by atoms with van der Waals surface area (Å²) in [5.41, 5.74) is 0. The van der Waals surface area contributed by atoms with Crippen LogP contribution in [0.2, 0.25) is 0 Å². The molecule has 0 rings (SSSR count). The highest BCUT2D eigenvalue weighted by molar-refractivity contribution is 5.67. The van der Waals surface area contributed by atoms with Crippen molar-refractivity contribution in [2.45, 2.75) is 6.92 Å². The van der Waals surface area contributed by atoms with Crippen LogP contribution < -0.4 is 0 Å². The molecule has 0 aromatic rings. The minimum absolute atomic E-state index is 0.389. The van der Waals surface area contributed by atoms with Crippen molar-refractivity contribution in [1.82, 2.24) is 0 Å². The van der Waals surface area contributed by atoms with Gasteiger partial charge in [0.25, 0.3) is 0 Å². The zero-order chi connectivity index (χ0) is 7.82. The molecule has 0 aromatic carbocycles. The lowest BCUT2D eigenvalue weighted by Gasteiger charge is -1.92. The Bertz CT molecular complexity index is 136. The van der Waals surface area contributed by atoms with E-state index in [1.54, 1.807) is 12.2 Å². The van der Waals surface area contributed by atoms with E-state index in [0.717, 1.165) is 0 Å². The van der Waals surface area contributed by atoms with Gasteiger partial charge in [0, 0.05) is 6.21 Å². The van der Waals surface area contributed by atoms with Gasteiger partial charge in [-0.3, -0.25) is 0 Å². The molecule has 1 N–H and O–H groups in total. The smallest absolute Gasteiger partial charge is 0.0174 e. The van der Waals surface area contributed by atoms with E-state index in [0.29, 0.717) is 5.92 Å². The van der Waals surface area contributed by atoms with Crippen LogP contribution in [-0.4, -0.2) is 6.21 Å². The van der Waals surface area contributed by atoms with Crippen LogP contribution >= 0.6 is 0 Å². The number of nitrogens with one attached hydrogen (secondary N) is 1. The molecule has 0 radical (unpaired) electrons. The molecule has 0 saturated heterocycles. The number of hydrogen-bond donors (Lipinski definition) is 1. The predicted molar refractivity (Wildman–Crippen MR) is 46.4 cm³/mol. The Morgan fingerprint density at radius 2 is 1.90 bits per heavy atom. The van der Waals surface area contributed by atoms with Gasteiger partial charge in [-0.2, -0.15) is 0 Å². The normalized spacial score (nSPS) is 14.1. The molecule has 0 amide bonds. The topological polar surface area (TPSA) is 23.9 Å². The summed E-state index contributed by atoms with van der Waals surface area (Å²) in [7, 11) is 0. The zero-order valence-electron chi connectivity index (χ0n) is 6.25. The minimum atomic E-state index is 0.389. The number of allylic oxidation sites excluding steroid dienone is 5. The zero-order valence-corrected chi connectivity index (χ0v) is 6.25. The Balaban J connectivity index is 3.72. The van der Waals surface area contributed by atoms with Crippen LogP contribution in [0.15, 0.2) is 37.0 Å². The average molecular weight is 135 g/mol. The fraction of sp³-hybridized carbons (Fsp3) is 0.222. The summed E-state index contributed by atoms with van der Waals surface area (Å²) in [6, 6.07) is 0. The maximum atomic E-state index is 6.72. The molecule has 1 unspecified atom stereocenters. The Morgan fingerprint density at radius 1 is 1.30 bits per heavy atom. The second-order valence-electron chi connectivity index (χ2n) is 2.03. The van der Waals surface area contributed by atoms with Crippen molar-refractivity contribution in [1.29, 1.82) is 5.41 Å². The molecule has 0 aliphatic rings. The van der Waals surface area contributed by atoms with Crippen molar-refractivity contribution in [2.75, 3.05) is 0 Å². The Labute approximate surface area is 62.3 Å². The lowest BCUT2D eigenvalue weighted by Crippen LogP contribution is -1.80. The van der Waals surface area contributed by atoms with E-state index >= 15 is 0 Å². The van der Waals surface area contributed by atoms with Gasteiger partial charge in [-0.1, -0.05) is 37.8 Å². The van der Waals surface area contributed by atoms with E-state index in [9.17, 15) is 0 Å². The highest BCUT2D eigenvalue weighted by atomic mass is 14.3. The first-order chi connectivity index (χ1) is 4.81. The molecule has 1 heteroatoms. The summed E-state index contributed by atoms with van der Waals surface area (Å²) in [5, 5.41) is 6.72. The maximum Gasteiger partial charge on any atom is 0.0174 e. The maximum absolute atomic E-state index is 6.72. The van der Waals surface area contributed by atoms with Crippen molar-refractivity contribution >= 4 is 6.21 Å². The SMILES string of the molecule is C=C/C=C\C(C)/C=C\C=N. The molecule has 0 aromatic heterocycles. The van der Waals surface area contributed by atoms with Gasteiger partial charge < -0.3 is 5.41 Å². The average Bonchev–Trinajstić information content (AvgIpc) is 1.97. The van der Waals surface area contributed by atoms with E-state index in [1.807, 2.05) is 18.2 Å². The Kier molecular flexibility index (Phi) is 5.35. The van der Waals surface area contributed by atoms with Crippen LogP contribution in [0.25, 0.3) is 0 Å². The summed E-state index contributed by atoms with van der Waals surface area (Å²) in [6.45, 7) is 5.61. The van der Waals surface area contributed by atoms with Gasteiger partial charge in [-0.25, -0.2) is 0 Å². The van der Waals surface area contributed by atoms with Crippen molar-refractivity contribution in [2.24, 2.45) is 5.92 Å². The summed E-state index contributed by atoms with van der Waals surface area (Å²) in [4.78, 5) is 0. The van der Waals surface area contributed by atoms with E-state index in [2.05, 4.69) is 13.5 Å². The van der Waals surface area contributed by atoms with Crippen molar-refractivity contribution in [3.05, 3.63) is 37.0 Å². The van der Waals surface area contributed by atoms with Gasteiger partial charge in [0.2, 0.25) is 0 Å². The van der Waals surface area contributed by atoms with Gasteiger partial charge in [0.15, 0.2) is 0 Å². The first kappa shape index (κ1) is 8.89. The van der Waals surface area contributed by atoms with Gasteiger partial charge in [-0.05, 0) is 12.0 Å². The molecule has 1 atom stereocenters. The standard InChI is InChI=1S/C9H13N/c1-3-4-6-9(2)7-5-8-10/h3-10H,1H2,2H3/b6-4-,7-5-,10-8?. The minimum Gasteiger partial charge on any atom is -0.309 e. The third kappa shape index (κ3) is 5.04. The fourth-order valence-corrected chi connectivity index (χ4v) is 0.549. The largest absolute Gasteiger partial charge is 0.309 e. The lowest BCUT2D eigenvalue weighted by molar-refractivity contribution is 0.941. The van der Waals surface area contributed by atoms with Crippen molar-refractivity contribution in [3.63, 3.8) is 0 Å². The molecular formula is C9H13N. The number of rotatable bonds is 4. The first-order valence-electron chi connectivity index (χ1n) is 3.27. The quantitative estimate of drug-likeness (QED) is 0.452. The highest BCUT2D eigenvalue weighted by Crippen LogP contribution is 1.97. The van der Waals surface area contributed by atoms with Crippen LogP contribution in [0.5, 0.6) is 0 Å². The molecule has 54 valence electrons. The van der Waals surface area contributed by atoms with Gasteiger partial charge in [0.1, 0.15) is 0 Å². The molecule has 0 heterocycles. The molecular weight excluding hydrogens is 122 g/mol. The molecule has 0 bridgehead atoms. The van der Waals surface area contributed by atoms with Gasteiger partial charge in [0.05, 0.1) is 0 Å². The first-order valence-corrected chi connectivity index (χ1v) is 3.27. The van der Waals surface area contributed by atoms with Crippen molar-refractivity contribution < 1.29 is 0 Å². The molecule has 1 nitrogen and oxygen atoms in total. The summed E-state index contributed by atoms with van der Waals surface area (Å²) in [6.07, 6.45) is 10.6. The Hall–Kier alpha value is -1.11. The third-order valence-electron chi connectivity index (χ3n) is 1.06. The van der Waals surface area contributed by atoms with Crippen LogP contribution in [-0.2, 0) is 0 Å². The van der Waals surface area contributed by atoms with E-state index < -0.39 is 0 Å². The van der Waals surface area contributed by atoms with E-state index in [-0.39, 0.29) is 0 Å². The number of hydrogen-bond acceptors (Lipinski definition) is 1. The highest BCUT2D eigenvalue weighted by Gasteiger charge is 1.84. The van der Waals surface area contributed by atoms with Crippen LogP contribution in [0.4, 0.5) is 0 Å². The molecule has 0 saturated carbocycles. The van der Waals surface area contributed by atoms with Gasteiger partial charge in [-0.15, -0.1) is 0 Å². The van der Waals surface area contributed by atoms with Gasteiger partial charge >= 0.3 is 0 Å². The molecule has 10 heavy (non-hydrogen) atoms. The lowest BCUT2D eigenvalue weighted by atomic mass is 10.1. The molecule has 0 aliphatic heterocycles. The third-order valence-corrected chi connectivity index (χ3v) is 1.06. The van der Waals surface area contributed by atoms with E-state index in [1.165, 1.54) is 6.21 Å². The molecule has 0 aliphatic carbocycles. The predicted octanol–water partition coefficient (Wildman–Crippen LogP) is 2.57.